The normalized spacial score (nSPS) is 10.0. The molecule has 2 aromatic rings. The van der Waals surface area contributed by atoms with Crippen LogP contribution >= 0.6 is 0 Å². The molecule has 0 amide bonds. The number of nitro benzene ring substituents is 1. The number of anilines is 2. The van der Waals surface area contributed by atoms with Gasteiger partial charge in [0.15, 0.2) is 0 Å². The third-order valence-electron chi connectivity index (χ3n) is 2.81. The fourth-order valence-corrected chi connectivity index (χ4v) is 1.77. The molecule has 1 aromatic carbocycles. The summed E-state index contributed by atoms with van der Waals surface area (Å²) in [6.45, 7) is 0.889. The lowest BCUT2D eigenvalue weighted by Gasteiger charge is -2.08. The molecule has 1 aromatic heterocycles. The van der Waals surface area contributed by atoms with Gasteiger partial charge in [-0.25, -0.2) is 4.98 Å². The van der Waals surface area contributed by atoms with Crippen molar-refractivity contribution in [1.82, 2.24) is 4.98 Å². The molecule has 0 bridgehead atoms. The van der Waals surface area contributed by atoms with Gasteiger partial charge >= 0.3 is 5.69 Å². The van der Waals surface area contributed by atoms with Crippen LogP contribution in [0.3, 0.4) is 0 Å². The Morgan fingerprint density at radius 3 is 2.27 bits per heavy atom. The molecule has 9 heteroatoms. The number of nitro groups is 2. The van der Waals surface area contributed by atoms with E-state index in [1.54, 1.807) is 12.1 Å². The number of non-ortho nitro benzene ring substituents is 1. The minimum atomic E-state index is -0.501. The summed E-state index contributed by atoms with van der Waals surface area (Å²) >= 11 is 0. The van der Waals surface area contributed by atoms with Crippen LogP contribution in [0, 0.1) is 20.2 Å². The Hall–Kier alpha value is -3.23. The molecular weight excluding hydrogens is 290 g/mol. The molecule has 0 saturated heterocycles. The molecule has 114 valence electrons. The van der Waals surface area contributed by atoms with Crippen LogP contribution in [0.25, 0.3) is 0 Å². The average molecular weight is 303 g/mol. The molecule has 2 N–H and O–H groups in total. The molecule has 0 unspecified atom stereocenters. The smallest absolute Gasteiger partial charge is 0.311 e. The maximum Gasteiger partial charge on any atom is 0.311 e. The highest BCUT2D eigenvalue weighted by Crippen LogP contribution is 2.20. The molecule has 0 atom stereocenters. The number of hydrogen-bond donors (Lipinski definition) is 2. The van der Waals surface area contributed by atoms with Crippen molar-refractivity contribution in [2.24, 2.45) is 0 Å². The van der Waals surface area contributed by atoms with Crippen LogP contribution in [0.2, 0.25) is 0 Å². The Balaban J connectivity index is 1.85. The van der Waals surface area contributed by atoms with E-state index in [0.29, 0.717) is 13.1 Å². The topological polar surface area (TPSA) is 123 Å². The van der Waals surface area contributed by atoms with Crippen LogP contribution in [0.1, 0.15) is 0 Å². The van der Waals surface area contributed by atoms with Gasteiger partial charge in [-0.05, 0) is 18.2 Å². The summed E-state index contributed by atoms with van der Waals surface area (Å²) in [5.41, 5.74) is 0.661. The van der Waals surface area contributed by atoms with Crippen LogP contribution in [0.5, 0.6) is 0 Å². The van der Waals surface area contributed by atoms with Crippen molar-refractivity contribution in [2.45, 2.75) is 0 Å². The van der Waals surface area contributed by atoms with E-state index in [2.05, 4.69) is 15.6 Å². The van der Waals surface area contributed by atoms with Gasteiger partial charge in [-0.15, -0.1) is 0 Å². The first-order valence-corrected chi connectivity index (χ1v) is 6.39. The molecular formula is C13H13N5O4. The monoisotopic (exact) mass is 303 g/mol. The lowest BCUT2D eigenvalue weighted by molar-refractivity contribution is -0.384. The van der Waals surface area contributed by atoms with Crippen LogP contribution in [-0.4, -0.2) is 27.9 Å². The molecule has 0 aliphatic rings. The van der Waals surface area contributed by atoms with Gasteiger partial charge in [0.2, 0.25) is 5.82 Å². The van der Waals surface area contributed by atoms with Crippen molar-refractivity contribution >= 4 is 22.9 Å². The molecule has 0 fully saturated rings. The summed E-state index contributed by atoms with van der Waals surface area (Å²) in [6, 6.07) is 8.87. The highest BCUT2D eigenvalue weighted by molar-refractivity contribution is 5.55. The third-order valence-corrected chi connectivity index (χ3v) is 2.81. The maximum atomic E-state index is 10.8. The van der Waals surface area contributed by atoms with E-state index < -0.39 is 9.85 Å². The van der Waals surface area contributed by atoms with E-state index >= 15 is 0 Å². The van der Waals surface area contributed by atoms with Crippen molar-refractivity contribution in [3.8, 4) is 0 Å². The Bertz CT molecular complexity index is 674. The molecule has 22 heavy (non-hydrogen) atoms. The predicted octanol–water partition coefficient (Wildman–Crippen LogP) is 2.42. The van der Waals surface area contributed by atoms with Gasteiger partial charge in [0.25, 0.3) is 5.69 Å². The van der Waals surface area contributed by atoms with Crippen LogP contribution in [0.4, 0.5) is 22.9 Å². The summed E-state index contributed by atoms with van der Waals surface area (Å²) in [5.74, 6) is 0.206. The maximum absolute atomic E-state index is 10.8. The highest BCUT2D eigenvalue weighted by atomic mass is 16.6. The summed E-state index contributed by atoms with van der Waals surface area (Å²) < 4.78 is 0. The number of benzene rings is 1. The zero-order valence-corrected chi connectivity index (χ0v) is 11.4. The number of hydrogen-bond acceptors (Lipinski definition) is 7. The fourth-order valence-electron chi connectivity index (χ4n) is 1.77. The molecule has 9 nitrogen and oxygen atoms in total. The quantitative estimate of drug-likeness (QED) is 0.457. The molecule has 1 heterocycles. The zero-order chi connectivity index (χ0) is 15.9. The number of rotatable bonds is 7. The van der Waals surface area contributed by atoms with E-state index in [4.69, 9.17) is 0 Å². The average Bonchev–Trinajstić information content (AvgIpc) is 2.52. The van der Waals surface area contributed by atoms with Crippen molar-refractivity contribution in [2.75, 3.05) is 23.7 Å². The second-order valence-electron chi connectivity index (χ2n) is 4.29. The lowest BCUT2D eigenvalue weighted by atomic mass is 10.3. The van der Waals surface area contributed by atoms with Gasteiger partial charge in [-0.1, -0.05) is 0 Å². The first-order chi connectivity index (χ1) is 10.6. The summed E-state index contributed by atoms with van der Waals surface area (Å²) in [5, 5.41) is 27.3. The number of nitrogens with one attached hydrogen (secondary N) is 2. The Kier molecular flexibility index (Phi) is 4.81. The van der Waals surface area contributed by atoms with Crippen molar-refractivity contribution < 1.29 is 9.85 Å². The van der Waals surface area contributed by atoms with Crippen molar-refractivity contribution in [1.29, 1.82) is 0 Å². The standard InChI is InChI=1S/C13H13N5O4/c19-17(20)11-5-3-10(4-6-11)14-8-9-16-13-12(18(21)22)2-1-7-15-13/h1-7,14H,8-9H2,(H,15,16). The van der Waals surface area contributed by atoms with E-state index in [1.807, 2.05) is 0 Å². The number of aromatic nitrogens is 1. The summed E-state index contributed by atoms with van der Waals surface area (Å²) in [4.78, 5) is 24.3. The van der Waals surface area contributed by atoms with Crippen LogP contribution in [-0.2, 0) is 0 Å². The van der Waals surface area contributed by atoms with E-state index in [9.17, 15) is 20.2 Å². The van der Waals surface area contributed by atoms with Crippen molar-refractivity contribution in [3.63, 3.8) is 0 Å². The molecule has 0 aliphatic heterocycles. The van der Waals surface area contributed by atoms with Gasteiger partial charge < -0.3 is 10.6 Å². The minimum Gasteiger partial charge on any atom is -0.383 e. The van der Waals surface area contributed by atoms with E-state index in [1.165, 1.54) is 30.5 Å². The molecule has 0 saturated carbocycles. The lowest BCUT2D eigenvalue weighted by Crippen LogP contribution is -2.15. The first-order valence-electron chi connectivity index (χ1n) is 6.39. The summed E-state index contributed by atoms with van der Waals surface area (Å²) in [7, 11) is 0. The second kappa shape index (κ2) is 6.97. The third kappa shape index (κ3) is 3.88. The summed E-state index contributed by atoms with van der Waals surface area (Å²) in [6.07, 6.45) is 1.47. The van der Waals surface area contributed by atoms with Crippen LogP contribution < -0.4 is 10.6 Å². The first kappa shape index (κ1) is 15.2. The van der Waals surface area contributed by atoms with Gasteiger partial charge in [0, 0.05) is 43.2 Å². The van der Waals surface area contributed by atoms with Gasteiger partial charge in [-0.3, -0.25) is 20.2 Å². The zero-order valence-electron chi connectivity index (χ0n) is 11.4. The Morgan fingerprint density at radius 2 is 1.64 bits per heavy atom. The molecule has 0 spiro atoms. The minimum absolute atomic E-state index is 0.0211. The van der Waals surface area contributed by atoms with Crippen molar-refractivity contribution in [3.05, 3.63) is 62.8 Å². The Morgan fingerprint density at radius 1 is 0.955 bits per heavy atom. The highest BCUT2D eigenvalue weighted by Gasteiger charge is 2.12. The molecule has 0 aliphatic carbocycles. The number of pyridine rings is 1. The fraction of sp³-hybridized carbons (Fsp3) is 0.154. The Labute approximate surface area is 125 Å². The van der Waals surface area contributed by atoms with Gasteiger partial charge in [0.1, 0.15) is 0 Å². The second-order valence-corrected chi connectivity index (χ2v) is 4.29. The molecule has 0 radical (unpaired) electrons. The number of nitrogens with zero attached hydrogens (tertiary/aromatic N) is 3. The van der Waals surface area contributed by atoms with E-state index in [-0.39, 0.29) is 17.2 Å². The van der Waals surface area contributed by atoms with E-state index in [0.717, 1.165) is 5.69 Å². The molecule has 2 rings (SSSR count). The largest absolute Gasteiger partial charge is 0.383 e. The predicted molar refractivity (Wildman–Crippen MR) is 81.0 cm³/mol. The van der Waals surface area contributed by atoms with Crippen LogP contribution in [0.15, 0.2) is 42.6 Å². The SMILES string of the molecule is O=[N+]([O-])c1ccc(NCCNc2ncccc2[N+](=O)[O-])cc1. The van der Waals surface area contributed by atoms with Gasteiger partial charge in [0.05, 0.1) is 9.85 Å². The van der Waals surface area contributed by atoms with Gasteiger partial charge in [-0.2, -0.15) is 0 Å².